The monoisotopic (exact) mass is 364 g/mol. The highest BCUT2D eigenvalue weighted by molar-refractivity contribution is 7.10. The zero-order valence-electron chi connectivity index (χ0n) is 13.7. The second-order valence-corrected chi connectivity index (χ2v) is 7.67. The number of carbonyl (C=O) groups excluding carboxylic acids is 1. The number of quaternary nitrogens is 1. The minimum Gasteiger partial charge on any atom is -0.329 e. The van der Waals surface area contributed by atoms with Crippen LogP contribution in [-0.4, -0.2) is 25.2 Å². The van der Waals surface area contributed by atoms with Crippen LogP contribution in [0.5, 0.6) is 0 Å². The van der Waals surface area contributed by atoms with E-state index in [-0.39, 0.29) is 12.1 Å². The van der Waals surface area contributed by atoms with E-state index in [0.29, 0.717) is 16.8 Å². The van der Waals surface area contributed by atoms with E-state index < -0.39 is 0 Å². The fourth-order valence-electron chi connectivity index (χ4n) is 3.43. The van der Waals surface area contributed by atoms with Crippen LogP contribution in [0, 0.1) is 0 Å². The van der Waals surface area contributed by atoms with Gasteiger partial charge < -0.3 is 15.5 Å². The van der Waals surface area contributed by atoms with Gasteiger partial charge in [0.05, 0.1) is 24.0 Å². The summed E-state index contributed by atoms with van der Waals surface area (Å²) in [6.07, 6.45) is 2.53. The zero-order chi connectivity index (χ0) is 16.9. The molecule has 0 radical (unpaired) electrons. The van der Waals surface area contributed by atoms with Crippen molar-refractivity contribution in [2.75, 3.05) is 18.4 Å². The second-order valence-electron chi connectivity index (χ2n) is 6.26. The summed E-state index contributed by atoms with van der Waals surface area (Å²) in [7, 11) is 0. The lowest BCUT2D eigenvalue weighted by molar-refractivity contribution is -0.920. The number of thiophene rings is 1. The molecule has 1 aliphatic rings. The number of rotatable bonds is 5. The largest absolute Gasteiger partial charge is 0.329 e. The number of hydrogen-bond donors (Lipinski definition) is 3. The minimum atomic E-state index is -0.190. The topological polar surface area (TPSA) is 45.6 Å². The molecular formula is C18H23ClN3OS+. The van der Waals surface area contributed by atoms with Gasteiger partial charge in [-0.05, 0) is 36.6 Å². The number of carbonyl (C=O) groups is 1. The van der Waals surface area contributed by atoms with Gasteiger partial charge in [0.1, 0.15) is 6.04 Å². The molecule has 1 aromatic heterocycles. The number of hydrogen-bond acceptors (Lipinski definition) is 2. The molecule has 1 aromatic carbocycles. The van der Waals surface area contributed by atoms with Crippen molar-refractivity contribution in [1.29, 1.82) is 0 Å². The van der Waals surface area contributed by atoms with Gasteiger partial charge in [0.15, 0.2) is 0 Å². The Bertz CT molecular complexity index is 671. The molecular weight excluding hydrogens is 342 g/mol. The smallest absolute Gasteiger partial charge is 0.319 e. The van der Waals surface area contributed by atoms with Crippen LogP contribution in [0.1, 0.15) is 30.7 Å². The third-order valence-electron chi connectivity index (χ3n) is 4.48. The highest BCUT2D eigenvalue weighted by atomic mass is 35.5. The molecule has 1 saturated heterocycles. The molecule has 3 rings (SSSR count). The first-order chi connectivity index (χ1) is 11.6. The van der Waals surface area contributed by atoms with Crippen LogP contribution in [0.25, 0.3) is 0 Å². The van der Waals surface area contributed by atoms with Crippen molar-refractivity contribution in [3.63, 3.8) is 0 Å². The van der Waals surface area contributed by atoms with Gasteiger partial charge in [0.25, 0.3) is 0 Å². The van der Waals surface area contributed by atoms with Crippen molar-refractivity contribution in [1.82, 2.24) is 5.32 Å². The Kier molecular flexibility index (Phi) is 5.76. The van der Waals surface area contributed by atoms with E-state index >= 15 is 0 Å². The van der Waals surface area contributed by atoms with Gasteiger partial charge in [-0.2, -0.15) is 0 Å². The van der Waals surface area contributed by atoms with Crippen molar-refractivity contribution in [3.05, 3.63) is 51.7 Å². The Balaban J connectivity index is 1.66. The molecule has 3 N–H and O–H groups in total. The van der Waals surface area contributed by atoms with Crippen molar-refractivity contribution in [3.8, 4) is 0 Å². The minimum absolute atomic E-state index is 0.0518. The molecule has 24 heavy (non-hydrogen) atoms. The second kappa shape index (κ2) is 8.01. The highest BCUT2D eigenvalue weighted by Crippen LogP contribution is 2.21. The van der Waals surface area contributed by atoms with Gasteiger partial charge in [0.2, 0.25) is 0 Å². The quantitative estimate of drug-likeness (QED) is 0.748. The molecule has 0 spiro atoms. The molecule has 2 atom stereocenters. The fourth-order valence-corrected chi connectivity index (χ4v) is 4.61. The van der Waals surface area contributed by atoms with E-state index in [1.54, 1.807) is 28.4 Å². The lowest BCUT2D eigenvalue weighted by Gasteiger charge is -2.29. The first-order valence-corrected chi connectivity index (χ1v) is 9.60. The molecule has 0 bridgehead atoms. The predicted octanol–water partition coefficient (Wildman–Crippen LogP) is 3.33. The summed E-state index contributed by atoms with van der Waals surface area (Å²) in [4.78, 5) is 15.3. The number of likely N-dealkylation sites (tertiary alicyclic amines) is 1. The van der Waals surface area contributed by atoms with Crippen LogP contribution in [-0.2, 0) is 0 Å². The Morgan fingerprint density at radius 1 is 1.25 bits per heavy atom. The summed E-state index contributed by atoms with van der Waals surface area (Å²) in [5.41, 5.74) is 0.702. The first kappa shape index (κ1) is 17.3. The molecule has 0 aliphatic carbocycles. The summed E-state index contributed by atoms with van der Waals surface area (Å²) in [6, 6.07) is 11.6. The first-order valence-electron chi connectivity index (χ1n) is 8.34. The SMILES string of the molecule is C[C@H](NC(=O)Nc1cccc(Cl)c1)[C@H](c1cccs1)[NH+]1CCCC1. The van der Waals surface area contributed by atoms with Crippen LogP contribution >= 0.6 is 22.9 Å². The number of benzene rings is 1. The summed E-state index contributed by atoms with van der Waals surface area (Å²) in [5, 5.41) is 8.69. The maximum absolute atomic E-state index is 12.4. The molecule has 4 nitrogen and oxygen atoms in total. The molecule has 0 saturated carbocycles. The Hall–Kier alpha value is -1.56. The summed E-state index contributed by atoms with van der Waals surface area (Å²) >= 11 is 7.73. The molecule has 1 fully saturated rings. The van der Waals surface area contributed by atoms with Crippen LogP contribution in [0.4, 0.5) is 10.5 Å². The van der Waals surface area contributed by atoms with Crippen molar-refractivity contribution < 1.29 is 9.69 Å². The lowest BCUT2D eigenvalue weighted by Crippen LogP contribution is -3.11. The van der Waals surface area contributed by atoms with E-state index in [4.69, 9.17) is 11.6 Å². The summed E-state index contributed by atoms with van der Waals surface area (Å²) in [5.74, 6) is 0. The molecule has 2 amide bonds. The van der Waals surface area contributed by atoms with Gasteiger partial charge in [-0.25, -0.2) is 4.79 Å². The molecule has 1 aliphatic heterocycles. The number of urea groups is 1. The average Bonchev–Trinajstić information content (AvgIpc) is 3.21. The van der Waals surface area contributed by atoms with Crippen LogP contribution < -0.4 is 15.5 Å². The van der Waals surface area contributed by atoms with Crippen molar-refractivity contribution in [2.24, 2.45) is 0 Å². The van der Waals surface area contributed by atoms with E-state index in [9.17, 15) is 4.79 Å². The van der Waals surface area contributed by atoms with E-state index in [2.05, 4.69) is 35.1 Å². The maximum Gasteiger partial charge on any atom is 0.319 e. The van der Waals surface area contributed by atoms with E-state index in [1.807, 2.05) is 12.1 Å². The average molecular weight is 365 g/mol. The van der Waals surface area contributed by atoms with Gasteiger partial charge in [0, 0.05) is 23.6 Å². The lowest BCUT2D eigenvalue weighted by atomic mass is 10.1. The number of halogens is 1. The van der Waals surface area contributed by atoms with Gasteiger partial charge in [-0.15, -0.1) is 11.3 Å². The standard InChI is InChI=1S/C18H22ClN3OS/c1-13(20-18(23)21-15-7-4-6-14(19)12-15)17(16-8-5-11-24-16)22-9-2-3-10-22/h4-8,11-13,17H,2-3,9-10H2,1H3,(H2,20,21,23)/p+1/t13-,17+/m0/s1. The van der Waals surface area contributed by atoms with Crippen molar-refractivity contribution >= 4 is 34.7 Å². The van der Waals surface area contributed by atoms with Crippen LogP contribution in [0.15, 0.2) is 41.8 Å². The van der Waals surface area contributed by atoms with Gasteiger partial charge >= 0.3 is 6.03 Å². The molecule has 0 unspecified atom stereocenters. The normalized spacial score (nSPS) is 17.4. The molecule has 2 aromatic rings. The number of anilines is 1. The molecule has 6 heteroatoms. The third kappa shape index (κ3) is 4.29. The number of nitrogens with one attached hydrogen (secondary N) is 3. The van der Waals surface area contributed by atoms with E-state index in [0.717, 1.165) is 0 Å². The highest BCUT2D eigenvalue weighted by Gasteiger charge is 2.33. The van der Waals surface area contributed by atoms with Gasteiger partial charge in [-0.3, -0.25) is 0 Å². The maximum atomic E-state index is 12.4. The van der Waals surface area contributed by atoms with Gasteiger partial charge in [-0.1, -0.05) is 23.7 Å². The Morgan fingerprint density at radius 3 is 2.71 bits per heavy atom. The Labute approximate surface area is 151 Å². The Morgan fingerprint density at radius 2 is 2.04 bits per heavy atom. The van der Waals surface area contributed by atoms with Crippen LogP contribution in [0.2, 0.25) is 5.02 Å². The summed E-state index contributed by atoms with van der Waals surface area (Å²) < 4.78 is 0. The predicted molar refractivity (Wildman–Crippen MR) is 100 cm³/mol. The zero-order valence-corrected chi connectivity index (χ0v) is 15.3. The van der Waals surface area contributed by atoms with Crippen molar-refractivity contribution in [2.45, 2.75) is 31.8 Å². The number of amides is 2. The fraction of sp³-hybridized carbons (Fsp3) is 0.389. The van der Waals surface area contributed by atoms with Crippen LogP contribution in [0.3, 0.4) is 0 Å². The summed E-state index contributed by atoms with van der Waals surface area (Å²) in [6.45, 7) is 4.43. The molecule has 2 heterocycles. The molecule has 128 valence electrons. The van der Waals surface area contributed by atoms with E-state index in [1.165, 1.54) is 30.8 Å². The third-order valence-corrected chi connectivity index (χ3v) is 5.67.